The van der Waals surface area contributed by atoms with Gasteiger partial charge in [0.1, 0.15) is 17.9 Å². The van der Waals surface area contributed by atoms with E-state index in [-0.39, 0.29) is 24.2 Å². The van der Waals surface area contributed by atoms with Gasteiger partial charge in [-0.15, -0.1) is 0 Å². The third-order valence-corrected chi connectivity index (χ3v) is 3.67. The minimum Gasteiger partial charge on any atom is -0.340 e. The van der Waals surface area contributed by atoms with Crippen molar-refractivity contribution in [2.45, 2.75) is 32.7 Å². The number of halogens is 1. The first-order valence-corrected chi connectivity index (χ1v) is 6.27. The van der Waals surface area contributed by atoms with Crippen molar-refractivity contribution in [2.75, 3.05) is 11.4 Å². The van der Waals surface area contributed by atoms with E-state index in [1.165, 1.54) is 11.0 Å². The van der Waals surface area contributed by atoms with Gasteiger partial charge < -0.3 is 10.2 Å². The Balaban J connectivity index is 2.46. The van der Waals surface area contributed by atoms with Crippen LogP contribution in [0.4, 0.5) is 10.1 Å². The number of rotatable bonds is 2. The summed E-state index contributed by atoms with van der Waals surface area (Å²) in [4.78, 5) is 25.6. The van der Waals surface area contributed by atoms with Crippen molar-refractivity contribution < 1.29 is 14.0 Å². The number of benzene rings is 1. The lowest BCUT2D eigenvalue weighted by atomic mass is 9.93. The van der Waals surface area contributed by atoms with Crippen molar-refractivity contribution in [1.29, 1.82) is 0 Å². The van der Waals surface area contributed by atoms with Gasteiger partial charge in [0.15, 0.2) is 0 Å². The molecule has 1 aromatic rings. The zero-order valence-corrected chi connectivity index (χ0v) is 11.3. The maximum Gasteiger partial charge on any atom is 0.252 e. The Bertz CT molecular complexity index is 544. The number of carbonyl (C=O) groups excluding carboxylic acids is 2. The van der Waals surface area contributed by atoms with E-state index in [0.29, 0.717) is 17.7 Å². The van der Waals surface area contributed by atoms with E-state index in [9.17, 15) is 14.0 Å². The van der Waals surface area contributed by atoms with Gasteiger partial charge in [0.25, 0.3) is 5.91 Å². The minimum absolute atomic E-state index is 0.0707. The molecule has 1 atom stereocenters. The van der Waals surface area contributed by atoms with Crippen molar-refractivity contribution in [3.8, 4) is 0 Å². The predicted octanol–water partition coefficient (Wildman–Crippen LogP) is 1.77. The second-order valence-corrected chi connectivity index (χ2v) is 5.01. The van der Waals surface area contributed by atoms with Gasteiger partial charge in [0, 0.05) is 5.56 Å². The largest absolute Gasteiger partial charge is 0.340 e. The molecule has 2 amide bonds. The number of carbonyl (C=O) groups is 2. The Morgan fingerprint density at radius 3 is 2.74 bits per heavy atom. The molecule has 102 valence electrons. The molecular formula is C14H17FN2O2. The van der Waals surface area contributed by atoms with Gasteiger partial charge in [-0.1, -0.05) is 13.0 Å². The molecule has 1 aromatic carbocycles. The summed E-state index contributed by atoms with van der Waals surface area (Å²) < 4.78 is 13.6. The van der Waals surface area contributed by atoms with E-state index in [1.54, 1.807) is 26.0 Å². The SMILES string of the molecule is CCC1(C)NC(=O)CN(c2cccc(F)c2C)C1=O. The van der Waals surface area contributed by atoms with Gasteiger partial charge >= 0.3 is 0 Å². The average Bonchev–Trinajstić information content (AvgIpc) is 2.37. The molecule has 0 aromatic heterocycles. The molecule has 0 aliphatic carbocycles. The van der Waals surface area contributed by atoms with Gasteiger partial charge in [0.05, 0.1) is 5.69 Å². The topological polar surface area (TPSA) is 49.4 Å². The first-order valence-electron chi connectivity index (χ1n) is 6.27. The number of anilines is 1. The lowest BCUT2D eigenvalue weighted by Crippen LogP contribution is -2.65. The molecule has 1 saturated heterocycles. The Kier molecular flexibility index (Phi) is 3.30. The number of nitrogens with one attached hydrogen (secondary N) is 1. The van der Waals surface area contributed by atoms with Crippen LogP contribution >= 0.6 is 0 Å². The number of piperazine rings is 1. The summed E-state index contributed by atoms with van der Waals surface area (Å²) in [5.74, 6) is -0.814. The van der Waals surface area contributed by atoms with Crippen LogP contribution in [0.5, 0.6) is 0 Å². The van der Waals surface area contributed by atoms with E-state index >= 15 is 0 Å². The first-order chi connectivity index (χ1) is 8.89. The highest BCUT2D eigenvalue weighted by Gasteiger charge is 2.42. The normalized spacial score (nSPS) is 23.5. The molecule has 19 heavy (non-hydrogen) atoms. The highest BCUT2D eigenvalue weighted by Crippen LogP contribution is 2.27. The predicted molar refractivity (Wildman–Crippen MR) is 70.3 cm³/mol. The average molecular weight is 264 g/mol. The molecule has 0 spiro atoms. The Labute approximate surface area is 111 Å². The van der Waals surface area contributed by atoms with E-state index in [2.05, 4.69) is 5.32 Å². The fourth-order valence-electron chi connectivity index (χ4n) is 2.24. The molecule has 0 bridgehead atoms. The smallest absolute Gasteiger partial charge is 0.252 e. The van der Waals surface area contributed by atoms with Crippen LogP contribution < -0.4 is 10.2 Å². The standard InChI is InChI=1S/C14H17FN2O2/c1-4-14(3)13(19)17(8-12(18)16-14)11-7-5-6-10(15)9(11)2/h5-7H,4,8H2,1-3H3,(H,16,18). The molecule has 1 heterocycles. The van der Waals surface area contributed by atoms with E-state index in [1.807, 2.05) is 6.92 Å². The molecular weight excluding hydrogens is 247 g/mol. The van der Waals surface area contributed by atoms with E-state index in [0.717, 1.165) is 0 Å². The zero-order chi connectivity index (χ0) is 14.2. The van der Waals surface area contributed by atoms with Crippen LogP contribution in [0.3, 0.4) is 0 Å². The monoisotopic (exact) mass is 264 g/mol. The summed E-state index contributed by atoms with van der Waals surface area (Å²) in [6, 6.07) is 4.54. The van der Waals surface area contributed by atoms with E-state index < -0.39 is 5.54 Å². The Morgan fingerprint density at radius 1 is 1.42 bits per heavy atom. The van der Waals surface area contributed by atoms with Crippen LogP contribution in [0.1, 0.15) is 25.8 Å². The molecule has 1 N–H and O–H groups in total. The fourth-order valence-corrected chi connectivity index (χ4v) is 2.24. The highest BCUT2D eigenvalue weighted by molar-refractivity contribution is 6.09. The number of nitrogens with zero attached hydrogens (tertiary/aromatic N) is 1. The van der Waals surface area contributed by atoms with Gasteiger partial charge in [-0.2, -0.15) is 0 Å². The quantitative estimate of drug-likeness (QED) is 0.885. The maximum atomic E-state index is 13.6. The minimum atomic E-state index is -0.923. The summed E-state index contributed by atoms with van der Waals surface area (Å²) in [5, 5.41) is 2.70. The lowest BCUT2D eigenvalue weighted by Gasteiger charge is -2.39. The molecule has 2 rings (SSSR count). The van der Waals surface area contributed by atoms with Crippen LogP contribution in [0, 0.1) is 12.7 Å². The second-order valence-electron chi connectivity index (χ2n) is 5.01. The Hall–Kier alpha value is -1.91. The third kappa shape index (κ3) is 2.20. The maximum absolute atomic E-state index is 13.6. The van der Waals surface area contributed by atoms with Gasteiger partial charge in [-0.05, 0) is 32.4 Å². The molecule has 0 radical (unpaired) electrons. The number of hydrogen-bond acceptors (Lipinski definition) is 2. The lowest BCUT2D eigenvalue weighted by molar-refractivity contribution is -0.135. The first kappa shape index (κ1) is 13.5. The molecule has 1 fully saturated rings. The molecule has 4 nitrogen and oxygen atoms in total. The number of amides is 2. The van der Waals surface area contributed by atoms with Crippen LogP contribution in [0.2, 0.25) is 0 Å². The van der Waals surface area contributed by atoms with Crippen LogP contribution in [0.25, 0.3) is 0 Å². The van der Waals surface area contributed by atoms with Gasteiger partial charge in [-0.3, -0.25) is 9.59 Å². The van der Waals surface area contributed by atoms with Crippen molar-refractivity contribution >= 4 is 17.5 Å². The van der Waals surface area contributed by atoms with Gasteiger partial charge in [-0.25, -0.2) is 4.39 Å². The van der Waals surface area contributed by atoms with Crippen molar-refractivity contribution in [2.24, 2.45) is 0 Å². The highest BCUT2D eigenvalue weighted by atomic mass is 19.1. The second kappa shape index (κ2) is 4.64. The molecule has 5 heteroatoms. The van der Waals surface area contributed by atoms with Crippen LogP contribution in [0.15, 0.2) is 18.2 Å². The van der Waals surface area contributed by atoms with Crippen LogP contribution in [-0.2, 0) is 9.59 Å². The molecule has 1 unspecified atom stereocenters. The molecule has 1 aliphatic heterocycles. The summed E-state index contributed by atoms with van der Waals surface area (Å²) >= 11 is 0. The number of hydrogen-bond donors (Lipinski definition) is 1. The van der Waals surface area contributed by atoms with Crippen molar-refractivity contribution in [1.82, 2.24) is 5.32 Å². The summed E-state index contributed by atoms with van der Waals surface area (Å²) in [7, 11) is 0. The fraction of sp³-hybridized carbons (Fsp3) is 0.429. The van der Waals surface area contributed by atoms with Crippen molar-refractivity contribution in [3.05, 3.63) is 29.6 Å². The zero-order valence-electron chi connectivity index (χ0n) is 11.3. The van der Waals surface area contributed by atoms with Crippen molar-refractivity contribution in [3.63, 3.8) is 0 Å². The van der Waals surface area contributed by atoms with Gasteiger partial charge in [0.2, 0.25) is 5.91 Å². The third-order valence-electron chi connectivity index (χ3n) is 3.67. The summed E-state index contributed by atoms with van der Waals surface area (Å²) in [6.07, 6.45) is 0.489. The van der Waals surface area contributed by atoms with E-state index in [4.69, 9.17) is 0 Å². The molecule has 1 aliphatic rings. The molecule has 0 saturated carbocycles. The summed E-state index contributed by atoms with van der Waals surface area (Å²) in [5.41, 5.74) is -0.0859. The summed E-state index contributed by atoms with van der Waals surface area (Å²) in [6.45, 7) is 5.06. The Morgan fingerprint density at radius 2 is 2.11 bits per heavy atom. The van der Waals surface area contributed by atoms with Crippen LogP contribution in [-0.4, -0.2) is 23.9 Å².